The van der Waals surface area contributed by atoms with Gasteiger partial charge in [0.25, 0.3) is 0 Å². The Morgan fingerprint density at radius 3 is 2.93 bits per heavy atom. The van der Waals surface area contributed by atoms with Gasteiger partial charge in [0.05, 0.1) is 6.54 Å². The SMILES string of the molecule is C=CCSc1nnc(CN)n1CCC. The molecule has 1 rings (SSSR count). The topological polar surface area (TPSA) is 56.7 Å². The molecule has 14 heavy (non-hydrogen) atoms. The maximum atomic E-state index is 5.57. The van der Waals surface area contributed by atoms with E-state index in [0.29, 0.717) is 6.54 Å². The van der Waals surface area contributed by atoms with Crippen molar-refractivity contribution >= 4 is 11.8 Å². The van der Waals surface area contributed by atoms with E-state index in [-0.39, 0.29) is 0 Å². The molecule has 0 fully saturated rings. The van der Waals surface area contributed by atoms with E-state index in [9.17, 15) is 0 Å². The van der Waals surface area contributed by atoms with Gasteiger partial charge in [-0.15, -0.1) is 16.8 Å². The van der Waals surface area contributed by atoms with Crippen LogP contribution in [-0.2, 0) is 13.1 Å². The number of rotatable bonds is 6. The normalized spacial score (nSPS) is 10.4. The maximum Gasteiger partial charge on any atom is 0.191 e. The van der Waals surface area contributed by atoms with E-state index in [1.165, 1.54) is 0 Å². The van der Waals surface area contributed by atoms with Gasteiger partial charge in [0.2, 0.25) is 0 Å². The molecular weight excluding hydrogens is 196 g/mol. The molecule has 0 aromatic carbocycles. The van der Waals surface area contributed by atoms with Crippen molar-refractivity contribution in [2.45, 2.75) is 31.6 Å². The van der Waals surface area contributed by atoms with Crippen molar-refractivity contribution in [2.75, 3.05) is 5.75 Å². The van der Waals surface area contributed by atoms with Crippen LogP contribution in [0.25, 0.3) is 0 Å². The summed E-state index contributed by atoms with van der Waals surface area (Å²) < 4.78 is 2.08. The summed E-state index contributed by atoms with van der Waals surface area (Å²) in [6.07, 6.45) is 2.92. The van der Waals surface area contributed by atoms with Gasteiger partial charge in [0, 0.05) is 12.3 Å². The number of nitrogens with two attached hydrogens (primary N) is 1. The molecule has 1 aromatic rings. The van der Waals surface area contributed by atoms with Crippen molar-refractivity contribution in [3.8, 4) is 0 Å². The minimum absolute atomic E-state index is 0.446. The molecule has 5 heteroatoms. The quantitative estimate of drug-likeness (QED) is 0.572. The molecule has 1 heterocycles. The summed E-state index contributed by atoms with van der Waals surface area (Å²) in [5, 5.41) is 9.07. The third kappa shape index (κ3) is 2.59. The first-order valence-electron chi connectivity index (χ1n) is 4.69. The first kappa shape index (κ1) is 11.3. The van der Waals surface area contributed by atoms with Crippen molar-refractivity contribution in [1.29, 1.82) is 0 Å². The zero-order valence-corrected chi connectivity index (χ0v) is 9.26. The largest absolute Gasteiger partial charge is 0.324 e. The minimum atomic E-state index is 0.446. The van der Waals surface area contributed by atoms with Crippen LogP contribution in [0.2, 0.25) is 0 Å². The molecule has 0 aliphatic rings. The smallest absolute Gasteiger partial charge is 0.191 e. The predicted octanol–water partition coefficient (Wildman–Crippen LogP) is 1.42. The summed E-state index contributed by atoms with van der Waals surface area (Å²) in [6, 6.07) is 0. The van der Waals surface area contributed by atoms with Crippen LogP contribution in [0.3, 0.4) is 0 Å². The molecular formula is C9H16N4S. The van der Waals surface area contributed by atoms with Crippen LogP contribution in [0.4, 0.5) is 0 Å². The third-order valence-electron chi connectivity index (χ3n) is 1.75. The zero-order valence-electron chi connectivity index (χ0n) is 8.44. The molecule has 78 valence electrons. The van der Waals surface area contributed by atoms with E-state index < -0.39 is 0 Å². The first-order valence-corrected chi connectivity index (χ1v) is 5.67. The van der Waals surface area contributed by atoms with Gasteiger partial charge in [-0.25, -0.2) is 0 Å². The Kier molecular flexibility index (Phi) is 4.69. The van der Waals surface area contributed by atoms with E-state index >= 15 is 0 Å². The Hall–Kier alpha value is -0.810. The molecule has 0 unspecified atom stereocenters. The lowest BCUT2D eigenvalue weighted by atomic mass is 10.4. The van der Waals surface area contributed by atoms with Crippen molar-refractivity contribution in [3.63, 3.8) is 0 Å². The second kappa shape index (κ2) is 5.82. The Morgan fingerprint density at radius 2 is 2.36 bits per heavy atom. The molecule has 0 saturated heterocycles. The van der Waals surface area contributed by atoms with Crippen LogP contribution in [0.5, 0.6) is 0 Å². The van der Waals surface area contributed by atoms with Crippen molar-refractivity contribution in [2.24, 2.45) is 5.73 Å². The number of aromatic nitrogens is 3. The van der Waals surface area contributed by atoms with Crippen molar-refractivity contribution in [1.82, 2.24) is 14.8 Å². The highest BCUT2D eigenvalue weighted by Gasteiger charge is 2.09. The Morgan fingerprint density at radius 1 is 1.57 bits per heavy atom. The standard InChI is InChI=1S/C9H16N4S/c1-3-5-13-8(7-10)11-12-9(13)14-6-4-2/h4H,2-3,5-7,10H2,1H3. The van der Waals surface area contributed by atoms with Crippen molar-refractivity contribution < 1.29 is 0 Å². The molecule has 0 amide bonds. The van der Waals surface area contributed by atoms with Crippen LogP contribution in [0, 0.1) is 0 Å². The monoisotopic (exact) mass is 212 g/mol. The van der Waals surface area contributed by atoms with E-state index in [2.05, 4.69) is 28.3 Å². The maximum absolute atomic E-state index is 5.57. The van der Waals surface area contributed by atoms with Crippen LogP contribution >= 0.6 is 11.8 Å². The van der Waals surface area contributed by atoms with Gasteiger partial charge < -0.3 is 10.3 Å². The average Bonchev–Trinajstić information content (AvgIpc) is 2.58. The molecule has 0 aliphatic heterocycles. The number of thioether (sulfide) groups is 1. The number of nitrogens with zero attached hydrogens (tertiary/aromatic N) is 3. The van der Waals surface area contributed by atoms with Crippen LogP contribution in [-0.4, -0.2) is 20.5 Å². The van der Waals surface area contributed by atoms with Gasteiger partial charge in [-0.2, -0.15) is 0 Å². The van der Waals surface area contributed by atoms with Crippen LogP contribution in [0.1, 0.15) is 19.2 Å². The highest BCUT2D eigenvalue weighted by molar-refractivity contribution is 7.99. The molecule has 1 aromatic heterocycles. The van der Waals surface area contributed by atoms with Gasteiger partial charge in [0.1, 0.15) is 5.82 Å². The molecule has 0 aliphatic carbocycles. The Labute approximate surface area is 88.6 Å². The molecule has 4 nitrogen and oxygen atoms in total. The molecule has 0 spiro atoms. The fraction of sp³-hybridized carbons (Fsp3) is 0.556. The van der Waals surface area contributed by atoms with Gasteiger partial charge in [-0.1, -0.05) is 24.8 Å². The lowest BCUT2D eigenvalue weighted by Crippen LogP contribution is -2.09. The number of hydrogen-bond acceptors (Lipinski definition) is 4. The molecule has 0 radical (unpaired) electrons. The lowest BCUT2D eigenvalue weighted by Gasteiger charge is -2.06. The minimum Gasteiger partial charge on any atom is -0.324 e. The van der Waals surface area contributed by atoms with E-state index in [1.54, 1.807) is 11.8 Å². The van der Waals surface area contributed by atoms with Gasteiger partial charge in [0.15, 0.2) is 5.16 Å². The summed E-state index contributed by atoms with van der Waals surface area (Å²) in [4.78, 5) is 0. The third-order valence-corrected chi connectivity index (χ3v) is 2.72. The fourth-order valence-corrected chi connectivity index (χ4v) is 1.88. The summed E-state index contributed by atoms with van der Waals surface area (Å²) >= 11 is 1.64. The lowest BCUT2D eigenvalue weighted by molar-refractivity contribution is 0.592. The van der Waals surface area contributed by atoms with Gasteiger partial charge in [-0.3, -0.25) is 0 Å². The molecule has 2 N–H and O–H groups in total. The predicted molar refractivity (Wildman–Crippen MR) is 59.1 cm³/mol. The second-order valence-corrected chi connectivity index (χ2v) is 3.84. The number of hydrogen-bond donors (Lipinski definition) is 1. The average molecular weight is 212 g/mol. The van der Waals surface area contributed by atoms with Crippen LogP contribution < -0.4 is 5.73 Å². The zero-order chi connectivity index (χ0) is 10.4. The highest BCUT2D eigenvalue weighted by atomic mass is 32.2. The second-order valence-electron chi connectivity index (χ2n) is 2.85. The van der Waals surface area contributed by atoms with Crippen molar-refractivity contribution in [3.05, 3.63) is 18.5 Å². The van der Waals surface area contributed by atoms with E-state index in [4.69, 9.17) is 5.73 Å². The highest BCUT2D eigenvalue weighted by Crippen LogP contribution is 2.17. The first-order chi connectivity index (χ1) is 6.83. The molecule has 0 saturated carbocycles. The summed E-state index contributed by atoms with van der Waals surface area (Å²) in [5.74, 6) is 1.71. The summed E-state index contributed by atoms with van der Waals surface area (Å²) in [5.41, 5.74) is 5.57. The van der Waals surface area contributed by atoms with Crippen LogP contribution in [0.15, 0.2) is 17.8 Å². The van der Waals surface area contributed by atoms with Gasteiger partial charge in [-0.05, 0) is 6.42 Å². The molecule has 0 bridgehead atoms. The summed E-state index contributed by atoms with van der Waals surface area (Å²) in [7, 11) is 0. The Balaban J connectivity index is 2.80. The Bertz CT molecular complexity index is 295. The summed E-state index contributed by atoms with van der Waals surface area (Å²) in [6.45, 7) is 7.18. The van der Waals surface area contributed by atoms with Gasteiger partial charge >= 0.3 is 0 Å². The van der Waals surface area contributed by atoms with E-state index in [1.807, 2.05) is 6.08 Å². The molecule has 0 atom stereocenters. The van der Waals surface area contributed by atoms with E-state index in [0.717, 1.165) is 29.7 Å². The fourth-order valence-electron chi connectivity index (χ4n) is 1.16.